The van der Waals surface area contributed by atoms with Crippen LogP contribution in [0.4, 0.5) is 10.8 Å². The first-order chi connectivity index (χ1) is 14.0. The van der Waals surface area contributed by atoms with Crippen LogP contribution < -0.4 is 10.0 Å². The Morgan fingerprint density at radius 2 is 1.66 bits per heavy atom. The van der Waals surface area contributed by atoms with Crippen LogP contribution in [0.3, 0.4) is 0 Å². The quantitative estimate of drug-likeness (QED) is 0.444. The number of nitrogens with one attached hydrogen (secondary N) is 2. The van der Waals surface area contributed by atoms with Gasteiger partial charge in [-0.3, -0.25) is 14.8 Å². The molecule has 0 saturated heterocycles. The van der Waals surface area contributed by atoms with Crippen LogP contribution in [-0.2, 0) is 10.0 Å². The summed E-state index contributed by atoms with van der Waals surface area (Å²) >= 11 is 2.88. The average Bonchev–Trinajstić information content (AvgIpc) is 3.40. The molecule has 0 aliphatic rings. The van der Waals surface area contributed by atoms with Crippen LogP contribution in [-0.4, -0.2) is 19.3 Å². The number of anilines is 2. The molecule has 0 atom stereocenters. The van der Waals surface area contributed by atoms with Crippen LogP contribution in [0.1, 0.15) is 10.4 Å². The number of carbonyl (C=O) groups excluding carboxylic acids is 1. The smallest absolute Gasteiger partial charge is 0.261 e. The first kappa shape index (κ1) is 19.3. The molecule has 2 N–H and O–H groups in total. The molecule has 9 heteroatoms. The summed E-state index contributed by atoms with van der Waals surface area (Å²) in [7, 11) is -3.81. The van der Waals surface area contributed by atoms with Crippen molar-refractivity contribution in [1.29, 1.82) is 0 Å². The normalized spacial score (nSPS) is 11.2. The molecule has 4 rings (SSSR count). The van der Waals surface area contributed by atoms with Crippen molar-refractivity contribution < 1.29 is 13.2 Å². The Labute approximate surface area is 175 Å². The van der Waals surface area contributed by atoms with Crippen LogP contribution in [0.25, 0.3) is 10.6 Å². The standard InChI is InChI=1S/C20H15N3O3S3/c24-19(22-20-21-17(13-28-20)18-11-6-12-27-18)15-9-4-5-10-16(15)23-29(25,26)14-7-2-1-3-8-14/h1-13,23H,(H,21,22,24). The molecule has 1 amide bonds. The van der Waals surface area contributed by atoms with E-state index in [0.717, 1.165) is 10.6 Å². The Balaban J connectivity index is 1.56. The molecule has 0 bridgehead atoms. The van der Waals surface area contributed by atoms with E-state index in [-0.39, 0.29) is 16.1 Å². The maximum Gasteiger partial charge on any atom is 0.261 e. The summed E-state index contributed by atoms with van der Waals surface area (Å²) in [5.41, 5.74) is 1.20. The first-order valence-electron chi connectivity index (χ1n) is 8.50. The minimum atomic E-state index is -3.81. The van der Waals surface area contributed by atoms with E-state index in [0.29, 0.717) is 5.13 Å². The van der Waals surface area contributed by atoms with Gasteiger partial charge in [0.2, 0.25) is 0 Å². The highest BCUT2D eigenvalue weighted by Crippen LogP contribution is 2.29. The molecule has 0 saturated carbocycles. The fourth-order valence-electron chi connectivity index (χ4n) is 2.61. The van der Waals surface area contributed by atoms with Crippen molar-refractivity contribution in [2.24, 2.45) is 0 Å². The molecule has 0 spiro atoms. The number of thiophene rings is 1. The van der Waals surface area contributed by atoms with Crippen LogP contribution in [0.2, 0.25) is 0 Å². The molecule has 2 heterocycles. The number of hydrogen-bond donors (Lipinski definition) is 2. The van der Waals surface area contributed by atoms with E-state index in [2.05, 4.69) is 15.0 Å². The number of rotatable bonds is 6. The van der Waals surface area contributed by atoms with Crippen LogP contribution in [0.15, 0.2) is 82.4 Å². The van der Waals surface area contributed by atoms with Gasteiger partial charge in [0.05, 0.1) is 26.7 Å². The van der Waals surface area contributed by atoms with Crippen molar-refractivity contribution in [2.45, 2.75) is 4.90 Å². The summed E-state index contributed by atoms with van der Waals surface area (Å²) in [5.74, 6) is -0.441. The van der Waals surface area contributed by atoms with Crippen LogP contribution in [0.5, 0.6) is 0 Å². The lowest BCUT2D eigenvalue weighted by Gasteiger charge is -2.12. The summed E-state index contributed by atoms with van der Waals surface area (Å²) in [6, 6.07) is 18.3. The van der Waals surface area contributed by atoms with E-state index in [4.69, 9.17) is 0 Å². The van der Waals surface area contributed by atoms with E-state index in [1.165, 1.54) is 23.5 Å². The number of para-hydroxylation sites is 1. The molecule has 0 unspecified atom stereocenters. The lowest BCUT2D eigenvalue weighted by atomic mass is 10.2. The zero-order valence-electron chi connectivity index (χ0n) is 14.9. The minimum Gasteiger partial charge on any atom is -0.298 e. The van der Waals surface area contributed by atoms with Crippen molar-refractivity contribution in [2.75, 3.05) is 10.0 Å². The Bertz CT molecular complexity index is 1230. The highest BCUT2D eigenvalue weighted by Gasteiger charge is 2.19. The maximum atomic E-state index is 12.8. The molecule has 0 fully saturated rings. The van der Waals surface area contributed by atoms with E-state index < -0.39 is 15.9 Å². The second-order valence-corrected chi connectivity index (χ2v) is 9.42. The number of thiazole rings is 1. The second-order valence-electron chi connectivity index (χ2n) is 5.93. The minimum absolute atomic E-state index is 0.121. The monoisotopic (exact) mass is 441 g/mol. The van der Waals surface area contributed by atoms with Gasteiger partial charge in [-0.25, -0.2) is 13.4 Å². The zero-order valence-corrected chi connectivity index (χ0v) is 17.4. The number of hydrogen-bond acceptors (Lipinski definition) is 6. The molecule has 2 aromatic carbocycles. The molecule has 6 nitrogen and oxygen atoms in total. The maximum absolute atomic E-state index is 12.8. The highest BCUT2D eigenvalue weighted by molar-refractivity contribution is 7.92. The van der Waals surface area contributed by atoms with Gasteiger partial charge in [0.1, 0.15) is 0 Å². The Morgan fingerprint density at radius 3 is 2.41 bits per heavy atom. The number of carbonyl (C=O) groups is 1. The van der Waals surface area contributed by atoms with Crippen molar-refractivity contribution >= 4 is 49.4 Å². The Morgan fingerprint density at radius 1 is 0.897 bits per heavy atom. The fraction of sp³-hybridized carbons (Fsp3) is 0. The van der Waals surface area contributed by atoms with Gasteiger partial charge >= 0.3 is 0 Å². The third kappa shape index (κ3) is 4.37. The molecular formula is C20H15N3O3S3. The summed E-state index contributed by atoms with van der Waals surface area (Å²) < 4.78 is 27.7. The van der Waals surface area contributed by atoms with Gasteiger partial charge in [0, 0.05) is 5.38 Å². The third-order valence-electron chi connectivity index (χ3n) is 3.97. The molecule has 2 aromatic heterocycles. The van der Waals surface area contributed by atoms with Gasteiger partial charge in [-0.1, -0.05) is 36.4 Å². The topological polar surface area (TPSA) is 88.2 Å². The molecule has 0 aliphatic carbocycles. The fourth-order valence-corrected chi connectivity index (χ4v) is 5.17. The lowest BCUT2D eigenvalue weighted by molar-refractivity contribution is 0.102. The zero-order chi connectivity index (χ0) is 20.3. The van der Waals surface area contributed by atoms with E-state index in [1.54, 1.807) is 53.8 Å². The van der Waals surface area contributed by atoms with Crippen LogP contribution >= 0.6 is 22.7 Å². The largest absolute Gasteiger partial charge is 0.298 e. The number of aromatic nitrogens is 1. The van der Waals surface area contributed by atoms with Crippen molar-refractivity contribution in [3.8, 4) is 10.6 Å². The summed E-state index contributed by atoms with van der Waals surface area (Å²) in [4.78, 5) is 18.3. The van der Waals surface area contributed by atoms with Crippen molar-refractivity contribution in [3.63, 3.8) is 0 Å². The summed E-state index contributed by atoms with van der Waals surface area (Å²) in [5, 5.41) is 7.02. The number of benzene rings is 2. The van der Waals surface area contributed by atoms with E-state index in [9.17, 15) is 13.2 Å². The number of sulfonamides is 1. The van der Waals surface area contributed by atoms with Gasteiger partial charge in [0.15, 0.2) is 5.13 Å². The molecular weight excluding hydrogens is 426 g/mol. The second kappa shape index (κ2) is 8.16. The Hall–Kier alpha value is -3.01. The van der Waals surface area contributed by atoms with Gasteiger partial charge in [-0.05, 0) is 35.7 Å². The van der Waals surface area contributed by atoms with Gasteiger partial charge in [-0.2, -0.15) is 0 Å². The lowest BCUT2D eigenvalue weighted by Crippen LogP contribution is -2.18. The predicted octanol–water partition coefficient (Wildman–Crippen LogP) is 4.92. The van der Waals surface area contributed by atoms with Gasteiger partial charge < -0.3 is 0 Å². The van der Waals surface area contributed by atoms with E-state index in [1.807, 2.05) is 22.9 Å². The highest BCUT2D eigenvalue weighted by atomic mass is 32.2. The van der Waals surface area contributed by atoms with Crippen LogP contribution in [0, 0.1) is 0 Å². The SMILES string of the molecule is O=C(Nc1nc(-c2cccs2)cs1)c1ccccc1NS(=O)(=O)c1ccccc1. The third-order valence-corrected chi connectivity index (χ3v) is 7.00. The van der Waals surface area contributed by atoms with Gasteiger partial charge in [-0.15, -0.1) is 22.7 Å². The first-order valence-corrected chi connectivity index (χ1v) is 11.7. The van der Waals surface area contributed by atoms with Gasteiger partial charge in [0.25, 0.3) is 15.9 Å². The number of amides is 1. The predicted molar refractivity (Wildman–Crippen MR) is 117 cm³/mol. The van der Waals surface area contributed by atoms with E-state index >= 15 is 0 Å². The Kier molecular flexibility index (Phi) is 5.43. The van der Waals surface area contributed by atoms with Crippen molar-refractivity contribution in [1.82, 2.24) is 4.98 Å². The molecule has 0 radical (unpaired) electrons. The summed E-state index contributed by atoms with van der Waals surface area (Å²) in [6.45, 7) is 0. The molecule has 4 aromatic rings. The molecule has 0 aliphatic heterocycles. The van der Waals surface area contributed by atoms with Crippen molar-refractivity contribution in [3.05, 3.63) is 83.1 Å². The average molecular weight is 442 g/mol. The summed E-state index contributed by atoms with van der Waals surface area (Å²) in [6.07, 6.45) is 0. The number of nitrogens with zero attached hydrogens (tertiary/aromatic N) is 1. The molecule has 146 valence electrons. The molecule has 29 heavy (non-hydrogen) atoms.